The number of piperidine rings is 1. The first-order valence-electron chi connectivity index (χ1n) is 9.64. The minimum Gasteiger partial charge on any atom is -0.368 e. The molecule has 0 bridgehead atoms. The Morgan fingerprint density at radius 1 is 1.21 bits per heavy atom. The van der Waals surface area contributed by atoms with E-state index in [4.69, 9.17) is 5.73 Å². The second kappa shape index (κ2) is 7.27. The van der Waals surface area contributed by atoms with Gasteiger partial charge < -0.3 is 20.1 Å². The summed E-state index contributed by atoms with van der Waals surface area (Å²) in [6.45, 7) is 1.41. The number of rotatable bonds is 5. The quantitative estimate of drug-likeness (QED) is 0.851. The monoisotopic (exact) mass is 382 g/mol. The summed E-state index contributed by atoms with van der Waals surface area (Å²) in [6, 6.07) is 6.77. The SMILES string of the molecule is CN(C)Cc1nccn1-c1ccc(N2C(=O)N3CCCC[C@@H]3C2C(N)=O)cc1. The number of primary amides is 1. The molecule has 0 spiro atoms. The van der Waals surface area contributed by atoms with Crippen molar-refractivity contribution >= 4 is 17.6 Å². The van der Waals surface area contributed by atoms with E-state index in [1.54, 1.807) is 16.0 Å². The van der Waals surface area contributed by atoms with Crippen molar-refractivity contribution in [3.63, 3.8) is 0 Å². The highest BCUT2D eigenvalue weighted by atomic mass is 16.2. The van der Waals surface area contributed by atoms with Crippen molar-refractivity contribution in [2.24, 2.45) is 5.73 Å². The number of nitrogens with zero attached hydrogens (tertiary/aromatic N) is 5. The summed E-state index contributed by atoms with van der Waals surface area (Å²) in [7, 11) is 4.00. The van der Waals surface area contributed by atoms with E-state index in [0.717, 1.165) is 37.3 Å². The highest BCUT2D eigenvalue weighted by Gasteiger charge is 2.49. The van der Waals surface area contributed by atoms with E-state index in [-0.39, 0.29) is 12.1 Å². The highest BCUT2D eigenvalue weighted by molar-refractivity contribution is 6.03. The Morgan fingerprint density at radius 3 is 2.61 bits per heavy atom. The number of anilines is 1. The lowest BCUT2D eigenvalue weighted by atomic mass is 9.97. The van der Waals surface area contributed by atoms with Gasteiger partial charge in [-0.15, -0.1) is 0 Å². The molecule has 3 heterocycles. The van der Waals surface area contributed by atoms with Crippen molar-refractivity contribution in [3.8, 4) is 5.69 Å². The van der Waals surface area contributed by atoms with Gasteiger partial charge in [0.2, 0.25) is 5.91 Å². The highest BCUT2D eigenvalue weighted by Crippen LogP contribution is 2.34. The maximum Gasteiger partial charge on any atom is 0.325 e. The van der Waals surface area contributed by atoms with Crippen LogP contribution in [-0.2, 0) is 11.3 Å². The molecule has 0 aliphatic carbocycles. The van der Waals surface area contributed by atoms with Gasteiger partial charge in [0.05, 0.1) is 12.6 Å². The van der Waals surface area contributed by atoms with E-state index in [1.165, 1.54) is 0 Å². The molecule has 2 fully saturated rings. The van der Waals surface area contributed by atoms with Crippen LogP contribution in [0.25, 0.3) is 5.69 Å². The van der Waals surface area contributed by atoms with Gasteiger partial charge in [-0.05, 0) is 57.6 Å². The van der Waals surface area contributed by atoms with E-state index in [0.29, 0.717) is 12.2 Å². The molecule has 0 saturated carbocycles. The zero-order chi connectivity index (χ0) is 19.8. The van der Waals surface area contributed by atoms with Crippen LogP contribution in [0.4, 0.5) is 10.5 Å². The lowest BCUT2D eigenvalue weighted by Gasteiger charge is -2.29. The van der Waals surface area contributed by atoms with Crippen LogP contribution >= 0.6 is 0 Å². The largest absolute Gasteiger partial charge is 0.368 e. The molecule has 2 aliphatic rings. The Labute approximate surface area is 164 Å². The molecule has 3 amide bonds. The van der Waals surface area contributed by atoms with Crippen LogP contribution in [0, 0.1) is 0 Å². The minimum atomic E-state index is -0.615. The van der Waals surface area contributed by atoms with Crippen LogP contribution < -0.4 is 10.6 Å². The minimum absolute atomic E-state index is 0.126. The zero-order valence-corrected chi connectivity index (χ0v) is 16.3. The number of carbonyl (C=O) groups is 2. The maximum atomic E-state index is 13.0. The summed E-state index contributed by atoms with van der Waals surface area (Å²) in [6.07, 6.45) is 6.49. The molecule has 2 atom stereocenters. The third-order valence-corrected chi connectivity index (χ3v) is 5.52. The first-order valence-corrected chi connectivity index (χ1v) is 9.64. The Hall–Kier alpha value is -2.87. The van der Waals surface area contributed by atoms with Gasteiger partial charge >= 0.3 is 6.03 Å². The number of benzene rings is 1. The van der Waals surface area contributed by atoms with Crippen molar-refractivity contribution in [2.75, 3.05) is 25.5 Å². The van der Waals surface area contributed by atoms with E-state index >= 15 is 0 Å². The fourth-order valence-electron chi connectivity index (χ4n) is 4.28. The molecule has 148 valence electrons. The fraction of sp³-hybridized carbons (Fsp3) is 0.450. The lowest BCUT2D eigenvalue weighted by Crippen LogP contribution is -2.48. The summed E-state index contributed by atoms with van der Waals surface area (Å²) in [5, 5.41) is 0. The summed E-state index contributed by atoms with van der Waals surface area (Å²) in [5.41, 5.74) is 7.34. The van der Waals surface area contributed by atoms with E-state index in [9.17, 15) is 9.59 Å². The van der Waals surface area contributed by atoms with Gasteiger partial charge in [0, 0.05) is 30.3 Å². The predicted molar refractivity (Wildman–Crippen MR) is 106 cm³/mol. The van der Waals surface area contributed by atoms with Crippen molar-refractivity contribution in [1.82, 2.24) is 19.4 Å². The first-order chi connectivity index (χ1) is 13.5. The summed E-state index contributed by atoms with van der Waals surface area (Å²) in [4.78, 5) is 35.0. The van der Waals surface area contributed by atoms with Crippen LogP contribution in [0.3, 0.4) is 0 Å². The van der Waals surface area contributed by atoms with Crippen molar-refractivity contribution < 1.29 is 9.59 Å². The Morgan fingerprint density at radius 2 is 1.93 bits per heavy atom. The van der Waals surface area contributed by atoms with Crippen LogP contribution in [-0.4, -0.2) is 64.0 Å². The third kappa shape index (κ3) is 3.13. The van der Waals surface area contributed by atoms with Crippen LogP contribution in [0.1, 0.15) is 25.1 Å². The van der Waals surface area contributed by atoms with Crippen molar-refractivity contribution in [2.45, 2.75) is 37.9 Å². The Kier molecular flexibility index (Phi) is 4.80. The average Bonchev–Trinajstić information content (AvgIpc) is 3.24. The van der Waals surface area contributed by atoms with E-state index < -0.39 is 11.9 Å². The molecular formula is C20H26N6O2. The zero-order valence-electron chi connectivity index (χ0n) is 16.3. The van der Waals surface area contributed by atoms with Gasteiger partial charge in [-0.1, -0.05) is 0 Å². The number of fused-ring (bicyclic) bond motifs is 1. The van der Waals surface area contributed by atoms with Crippen molar-refractivity contribution in [1.29, 1.82) is 0 Å². The second-order valence-electron chi connectivity index (χ2n) is 7.72. The summed E-state index contributed by atoms with van der Waals surface area (Å²) in [5.74, 6) is 0.483. The molecule has 8 heteroatoms. The van der Waals surface area contributed by atoms with Gasteiger partial charge in [0.1, 0.15) is 11.9 Å². The standard InChI is InChI=1S/C20H26N6O2/c1-23(2)13-17-22-10-12-24(17)14-6-8-15(9-7-14)26-18(19(21)27)16-5-3-4-11-25(16)20(26)28/h6-10,12,16,18H,3-5,11,13H2,1-2H3,(H2,21,27)/t16-,18?/m1/s1. The molecule has 4 rings (SSSR count). The number of amides is 3. The molecule has 0 radical (unpaired) electrons. The number of nitrogens with two attached hydrogens (primary N) is 1. The van der Waals surface area contributed by atoms with Gasteiger partial charge in [0.25, 0.3) is 0 Å². The van der Waals surface area contributed by atoms with Crippen molar-refractivity contribution in [3.05, 3.63) is 42.5 Å². The van der Waals surface area contributed by atoms with Crippen LogP contribution in [0.15, 0.2) is 36.7 Å². The predicted octanol–water partition coefficient (Wildman–Crippen LogP) is 1.58. The molecule has 1 aromatic carbocycles. The number of hydrogen-bond donors (Lipinski definition) is 1. The Balaban J connectivity index is 1.64. The molecule has 1 unspecified atom stereocenters. The van der Waals surface area contributed by atoms with Gasteiger partial charge in [-0.3, -0.25) is 9.69 Å². The molecule has 8 nitrogen and oxygen atoms in total. The molecule has 2 N–H and O–H groups in total. The number of hydrogen-bond acceptors (Lipinski definition) is 4. The van der Waals surface area contributed by atoms with Crippen LogP contribution in [0.2, 0.25) is 0 Å². The summed E-state index contributed by atoms with van der Waals surface area (Å²) >= 11 is 0. The molecule has 2 saturated heterocycles. The number of aromatic nitrogens is 2. The fourth-order valence-corrected chi connectivity index (χ4v) is 4.28. The Bertz CT molecular complexity index is 875. The lowest BCUT2D eigenvalue weighted by molar-refractivity contribution is -0.119. The molecule has 2 aromatic rings. The smallest absolute Gasteiger partial charge is 0.325 e. The topological polar surface area (TPSA) is 87.7 Å². The number of urea groups is 1. The van der Waals surface area contributed by atoms with E-state index in [2.05, 4.69) is 9.88 Å². The van der Waals surface area contributed by atoms with Gasteiger partial charge in [0.15, 0.2) is 0 Å². The molecule has 1 aromatic heterocycles. The number of imidazole rings is 1. The number of carbonyl (C=O) groups excluding carboxylic acids is 2. The summed E-state index contributed by atoms with van der Waals surface area (Å²) < 4.78 is 2.02. The molecular weight excluding hydrogens is 356 g/mol. The molecule has 28 heavy (non-hydrogen) atoms. The maximum absolute atomic E-state index is 13.0. The average molecular weight is 382 g/mol. The van der Waals surface area contributed by atoms with Gasteiger partial charge in [-0.25, -0.2) is 9.78 Å². The van der Waals surface area contributed by atoms with Crippen LogP contribution in [0.5, 0.6) is 0 Å². The molecule has 2 aliphatic heterocycles. The van der Waals surface area contributed by atoms with E-state index in [1.807, 2.05) is 49.1 Å². The third-order valence-electron chi connectivity index (χ3n) is 5.52. The second-order valence-corrected chi connectivity index (χ2v) is 7.72. The first kappa shape index (κ1) is 18.5. The normalized spacial score (nSPS) is 22.0. The van der Waals surface area contributed by atoms with Gasteiger partial charge in [-0.2, -0.15) is 0 Å².